The molecule has 0 aromatic carbocycles. The smallest absolute Gasteiger partial charge is 0.305 e. The Morgan fingerprint density at radius 1 is 1.56 bits per heavy atom. The third kappa shape index (κ3) is 3.09. The molecule has 0 saturated carbocycles. The lowest BCUT2D eigenvalue weighted by Crippen LogP contribution is -2.47. The molecule has 0 fully saturated rings. The van der Waals surface area contributed by atoms with Gasteiger partial charge in [-0.2, -0.15) is 5.10 Å². The monoisotopic (exact) mass is 253 g/mol. The van der Waals surface area contributed by atoms with Crippen molar-refractivity contribution >= 4 is 11.9 Å². The van der Waals surface area contributed by atoms with Crippen LogP contribution in [0.25, 0.3) is 0 Å². The molecular formula is C12H19N3O3. The molecule has 100 valence electrons. The molecule has 0 spiro atoms. The summed E-state index contributed by atoms with van der Waals surface area (Å²) in [5.74, 6) is -1.21. The molecule has 6 nitrogen and oxygen atoms in total. The number of carbonyl (C=O) groups excluding carboxylic acids is 1. The second kappa shape index (κ2) is 5.20. The number of hydrogen-bond acceptors (Lipinski definition) is 3. The lowest BCUT2D eigenvalue weighted by molar-refractivity contribution is -0.138. The summed E-state index contributed by atoms with van der Waals surface area (Å²) in [5, 5.41) is 15.6. The molecule has 0 aliphatic rings. The molecule has 0 radical (unpaired) electrons. The molecule has 1 rings (SSSR count). The maximum absolute atomic E-state index is 12.1. The van der Waals surface area contributed by atoms with Gasteiger partial charge in [-0.1, -0.05) is 6.92 Å². The molecule has 18 heavy (non-hydrogen) atoms. The minimum absolute atomic E-state index is 0.103. The number of nitrogens with zero attached hydrogens (tertiary/aromatic N) is 2. The van der Waals surface area contributed by atoms with Gasteiger partial charge in [0, 0.05) is 18.3 Å². The minimum Gasteiger partial charge on any atom is -0.481 e. The van der Waals surface area contributed by atoms with E-state index in [0.29, 0.717) is 12.0 Å². The fourth-order valence-electron chi connectivity index (χ4n) is 1.65. The van der Waals surface area contributed by atoms with E-state index in [2.05, 4.69) is 10.4 Å². The molecule has 0 aliphatic heterocycles. The SMILES string of the molecule is CC[C@@](C)(CC(=O)O)NC(=O)c1cnn(C)c1C. The highest BCUT2D eigenvalue weighted by Gasteiger charge is 2.28. The zero-order chi connectivity index (χ0) is 13.9. The summed E-state index contributed by atoms with van der Waals surface area (Å²) in [6.45, 7) is 5.37. The molecule has 1 heterocycles. The first-order chi connectivity index (χ1) is 8.29. The van der Waals surface area contributed by atoms with E-state index < -0.39 is 11.5 Å². The number of nitrogens with one attached hydrogen (secondary N) is 1. The van der Waals surface area contributed by atoms with E-state index in [9.17, 15) is 9.59 Å². The first kappa shape index (κ1) is 14.2. The van der Waals surface area contributed by atoms with E-state index in [0.717, 1.165) is 5.69 Å². The first-order valence-electron chi connectivity index (χ1n) is 5.82. The summed E-state index contributed by atoms with van der Waals surface area (Å²) in [6.07, 6.45) is 1.93. The maximum atomic E-state index is 12.1. The Morgan fingerprint density at radius 3 is 2.56 bits per heavy atom. The zero-order valence-electron chi connectivity index (χ0n) is 11.1. The van der Waals surface area contributed by atoms with Gasteiger partial charge in [0.1, 0.15) is 0 Å². The maximum Gasteiger partial charge on any atom is 0.305 e. The molecule has 0 bridgehead atoms. The molecule has 1 amide bonds. The second-order valence-electron chi connectivity index (χ2n) is 4.71. The molecule has 2 N–H and O–H groups in total. The number of aliphatic carboxylic acids is 1. The summed E-state index contributed by atoms with van der Waals surface area (Å²) in [7, 11) is 1.75. The Hall–Kier alpha value is -1.85. The molecular weight excluding hydrogens is 234 g/mol. The summed E-state index contributed by atoms with van der Waals surface area (Å²) in [4.78, 5) is 22.9. The topological polar surface area (TPSA) is 84.2 Å². The van der Waals surface area contributed by atoms with Crippen LogP contribution in [0.3, 0.4) is 0 Å². The number of carboxylic acids is 1. The number of carbonyl (C=O) groups is 2. The van der Waals surface area contributed by atoms with Crippen molar-refractivity contribution in [2.75, 3.05) is 0 Å². The van der Waals surface area contributed by atoms with Gasteiger partial charge in [0.05, 0.1) is 18.2 Å². The zero-order valence-corrected chi connectivity index (χ0v) is 11.1. The first-order valence-corrected chi connectivity index (χ1v) is 5.82. The summed E-state index contributed by atoms with van der Waals surface area (Å²) < 4.78 is 1.61. The molecule has 0 saturated heterocycles. The number of aromatic nitrogens is 2. The molecule has 1 aromatic heterocycles. The highest BCUT2D eigenvalue weighted by Crippen LogP contribution is 2.16. The Balaban J connectivity index is 2.86. The van der Waals surface area contributed by atoms with Crippen molar-refractivity contribution in [1.29, 1.82) is 0 Å². The van der Waals surface area contributed by atoms with Crippen molar-refractivity contribution in [3.8, 4) is 0 Å². The van der Waals surface area contributed by atoms with Crippen LogP contribution in [0, 0.1) is 6.92 Å². The van der Waals surface area contributed by atoms with Crippen LogP contribution < -0.4 is 5.32 Å². The largest absolute Gasteiger partial charge is 0.481 e. The van der Waals surface area contributed by atoms with E-state index in [1.165, 1.54) is 6.20 Å². The van der Waals surface area contributed by atoms with Gasteiger partial charge in [0.25, 0.3) is 5.91 Å². The molecule has 1 atom stereocenters. The standard InChI is InChI=1S/C12H19N3O3/c1-5-12(3,6-10(16)17)14-11(18)9-7-13-15(4)8(9)2/h7H,5-6H2,1-4H3,(H,14,18)(H,16,17)/t12-/m0/s1. The predicted octanol–water partition coefficient (Wildman–Crippen LogP) is 1.10. The van der Waals surface area contributed by atoms with Crippen LogP contribution in [0.15, 0.2) is 6.20 Å². The van der Waals surface area contributed by atoms with Crippen molar-refractivity contribution in [3.05, 3.63) is 17.5 Å². The summed E-state index contributed by atoms with van der Waals surface area (Å²) in [6, 6.07) is 0. The fourth-order valence-corrected chi connectivity index (χ4v) is 1.65. The number of hydrogen-bond donors (Lipinski definition) is 2. The molecule has 1 aromatic rings. The van der Waals surface area contributed by atoms with Gasteiger partial charge in [-0.25, -0.2) is 0 Å². The summed E-state index contributed by atoms with van der Waals surface area (Å²) in [5.41, 5.74) is 0.481. The molecule has 6 heteroatoms. The number of amides is 1. The van der Waals surface area contributed by atoms with E-state index in [1.54, 1.807) is 25.6 Å². The van der Waals surface area contributed by atoms with Gasteiger partial charge in [0.15, 0.2) is 0 Å². The Bertz CT molecular complexity index is 467. The van der Waals surface area contributed by atoms with Crippen LogP contribution in [-0.4, -0.2) is 32.3 Å². The number of rotatable bonds is 5. The van der Waals surface area contributed by atoms with Crippen molar-refractivity contribution in [2.24, 2.45) is 7.05 Å². The predicted molar refractivity (Wildman–Crippen MR) is 66.4 cm³/mol. The van der Waals surface area contributed by atoms with Gasteiger partial charge in [-0.3, -0.25) is 14.3 Å². The highest BCUT2D eigenvalue weighted by molar-refractivity contribution is 5.95. The third-order valence-electron chi connectivity index (χ3n) is 3.22. The van der Waals surface area contributed by atoms with E-state index in [1.807, 2.05) is 6.92 Å². The van der Waals surface area contributed by atoms with Crippen LogP contribution in [0.5, 0.6) is 0 Å². The number of aryl methyl sites for hydroxylation is 1. The van der Waals surface area contributed by atoms with E-state index in [4.69, 9.17) is 5.11 Å². The van der Waals surface area contributed by atoms with E-state index in [-0.39, 0.29) is 12.3 Å². The fraction of sp³-hybridized carbons (Fsp3) is 0.583. The van der Waals surface area contributed by atoms with Gasteiger partial charge in [-0.05, 0) is 20.3 Å². The highest BCUT2D eigenvalue weighted by atomic mass is 16.4. The van der Waals surface area contributed by atoms with E-state index >= 15 is 0 Å². The van der Waals surface area contributed by atoms with Crippen LogP contribution in [0.2, 0.25) is 0 Å². The molecule has 0 aliphatic carbocycles. The van der Waals surface area contributed by atoms with Crippen LogP contribution >= 0.6 is 0 Å². The average molecular weight is 253 g/mol. The van der Waals surface area contributed by atoms with Crippen molar-refractivity contribution < 1.29 is 14.7 Å². The minimum atomic E-state index is -0.928. The Morgan fingerprint density at radius 2 is 2.17 bits per heavy atom. The quantitative estimate of drug-likeness (QED) is 0.823. The van der Waals surface area contributed by atoms with Gasteiger partial charge < -0.3 is 10.4 Å². The van der Waals surface area contributed by atoms with Crippen LogP contribution in [-0.2, 0) is 11.8 Å². The Kier molecular flexibility index (Phi) is 4.11. The summed E-state index contributed by atoms with van der Waals surface area (Å²) >= 11 is 0. The van der Waals surface area contributed by atoms with Gasteiger partial charge >= 0.3 is 5.97 Å². The molecule has 0 unspecified atom stereocenters. The lowest BCUT2D eigenvalue weighted by Gasteiger charge is -2.27. The lowest BCUT2D eigenvalue weighted by atomic mass is 9.94. The Labute approximate surface area is 106 Å². The van der Waals surface area contributed by atoms with Crippen molar-refractivity contribution in [2.45, 2.75) is 39.2 Å². The third-order valence-corrected chi connectivity index (χ3v) is 3.22. The number of carboxylic acid groups (broad SMARTS) is 1. The van der Waals surface area contributed by atoms with Crippen LogP contribution in [0.1, 0.15) is 42.7 Å². The van der Waals surface area contributed by atoms with Crippen molar-refractivity contribution in [3.63, 3.8) is 0 Å². The van der Waals surface area contributed by atoms with Gasteiger partial charge in [-0.15, -0.1) is 0 Å². The van der Waals surface area contributed by atoms with Crippen molar-refractivity contribution in [1.82, 2.24) is 15.1 Å². The second-order valence-corrected chi connectivity index (χ2v) is 4.71. The van der Waals surface area contributed by atoms with Crippen LogP contribution in [0.4, 0.5) is 0 Å². The van der Waals surface area contributed by atoms with Gasteiger partial charge in [0.2, 0.25) is 0 Å². The average Bonchev–Trinajstić information content (AvgIpc) is 2.58. The normalized spacial score (nSPS) is 14.0.